The van der Waals surface area contributed by atoms with E-state index in [1.165, 1.54) is 34.7 Å². The molecule has 1 aromatic carbocycles. The van der Waals surface area contributed by atoms with Crippen LogP contribution in [0, 0.1) is 11.8 Å². The Balaban J connectivity index is 2.27. The van der Waals surface area contributed by atoms with Crippen molar-refractivity contribution >= 4 is 29.4 Å². The van der Waals surface area contributed by atoms with E-state index in [0.717, 1.165) is 23.1 Å². The number of aromatic amines is 1. The Bertz CT molecular complexity index is 1260. The van der Waals surface area contributed by atoms with Gasteiger partial charge in [-0.1, -0.05) is 39.8 Å². The summed E-state index contributed by atoms with van der Waals surface area (Å²) in [6.07, 6.45) is -2.00. The van der Waals surface area contributed by atoms with E-state index in [4.69, 9.17) is 5.73 Å². The highest BCUT2D eigenvalue weighted by molar-refractivity contribution is 6.00. The molecule has 37 heavy (non-hydrogen) atoms. The van der Waals surface area contributed by atoms with Gasteiger partial charge in [0.05, 0.1) is 5.56 Å². The Hall–Kier alpha value is -3.83. The molecule has 0 unspecified atom stereocenters. The zero-order valence-electron chi connectivity index (χ0n) is 21.4. The third-order valence-corrected chi connectivity index (χ3v) is 5.29. The molecule has 3 N–H and O–H groups in total. The zero-order chi connectivity index (χ0) is 28.1. The molecule has 1 aromatic heterocycles. The molecule has 0 aliphatic heterocycles. The number of hydrogen-bond acceptors (Lipinski definition) is 5. The van der Waals surface area contributed by atoms with Gasteiger partial charge in [0.2, 0.25) is 11.8 Å². The molecule has 12 heteroatoms. The number of nitrogens with zero attached hydrogens (tertiary/aromatic N) is 3. The van der Waals surface area contributed by atoms with Crippen molar-refractivity contribution in [3.05, 3.63) is 62.3 Å². The Morgan fingerprint density at radius 3 is 2.19 bits per heavy atom. The molecule has 2 aromatic rings. The highest BCUT2D eigenvalue weighted by atomic mass is 19.4. The molecule has 2 amide bonds. The van der Waals surface area contributed by atoms with E-state index in [0.29, 0.717) is 5.56 Å². The average Bonchev–Trinajstić information content (AvgIpc) is 2.78. The highest BCUT2D eigenvalue weighted by Crippen LogP contribution is 2.29. The van der Waals surface area contributed by atoms with Gasteiger partial charge in [0.1, 0.15) is 12.4 Å². The lowest BCUT2D eigenvalue weighted by atomic mass is 10.1. The fraction of sp³-hybridized carbons (Fsp3) is 0.440. The first kappa shape index (κ1) is 29.4. The number of halogens is 3. The summed E-state index contributed by atoms with van der Waals surface area (Å²) < 4.78 is 39.3. The molecule has 0 spiro atoms. The molecular weight excluding hydrogens is 491 g/mol. The maximum atomic E-state index is 13.2. The number of aromatic nitrogens is 2. The van der Waals surface area contributed by atoms with Crippen LogP contribution in [0.1, 0.15) is 38.8 Å². The molecule has 0 aliphatic rings. The summed E-state index contributed by atoms with van der Waals surface area (Å²) in [5.41, 5.74) is 4.08. The summed E-state index contributed by atoms with van der Waals surface area (Å²) in [4.78, 5) is 55.2. The fourth-order valence-electron chi connectivity index (χ4n) is 3.51. The molecule has 0 bridgehead atoms. The van der Waals surface area contributed by atoms with Crippen LogP contribution in [0.25, 0.3) is 6.08 Å². The number of carbonyl (C=O) groups excluding carboxylic acids is 2. The summed E-state index contributed by atoms with van der Waals surface area (Å²) in [6, 6.07) is 4.26. The van der Waals surface area contributed by atoms with Crippen LogP contribution in [0.5, 0.6) is 0 Å². The molecule has 0 saturated carbocycles. The molecule has 202 valence electrons. The number of hydrogen-bond donors (Lipinski definition) is 2. The average molecular weight is 524 g/mol. The number of rotatable bonds is 9. The van der Waals surface area contributed by atoms with Gasteiger partial charge in [-0.3, -0.25) is 23.9 Å². The van der Waals surface area contributed by atoms with Crippen molar-refractivity contribution < 1.29 is 22.8 Å². The molecule has 2 rings (SSSR count). The van der Waals surface area contributed by atoms with Gasteiger partial charge in [-0.05, 0) is 35.6 Å². The Kier molecular flexibility index (Phi) is 9.49. The first-order chi connectivity index (χ1) is 17.1. The van der Waals surface area contributed by atoms with E-state index in [9.17, 15) is 32.3 Å². The molecular formula is C25H32F3N5O4. The third kappa shape index (κ3) is 7.83. The summed E-state index contributed by atoms with van der Waals surface area (Å²) in [5.74, 6) is -1.36. The predicted molar refractivity (Wildman–Crippen MR) is 136 cm³/mol. The van der Waals surface area contributed by atoms with Crippen molar-refractivity contribution in [2.75, 3.05) is 30.8 Å². The van der Waals surface area contributed by atoms with Crippen LogP contribution in [0.2, 0.25) is 0 Å². The largest absolute Gasteiger partial charge is 0.416 e. The fourth-order valence-corrected chi connectivity index (χ4v) is 3.51. The van der Waals surface area contributed by atoms with Crippen molar-refractivity contribution in [1.29, 1.82) is 0 Å². The van der Waals surface area contributed by atoms with Gasteiger partial charge in [-0.15, -0.1) is 0 Å². The lowest BCUT2D eigenvalue weighted by Gasteiger charge is -2.28. The third-order valence-electron chi connectivity index (χ3n) is 5.29. The number of likely N-dealkylation sites (N-methyl/N-ethyl adjacent to an activating group) is 1. The minimum atomic E-state index is -4.46. The second-order valence-corrected chi connectivity index (χ2v) is 9.54. The molecule has 0 aliphatic carbocycles. The van der Waals surface area contributed by atoms with E-state index < -0.39 is 41.3 Å². The first-order valence-corrected chi connectivity index (χ1v) is 11.6. The lowest BCUT2D eigenvalue weighted by Crippen LogP contribution is -2.46. The van der Waals surface area contributed by atoms with Crippen molar-refractivity contribution in [2.45, 2.75) is 40.4 Å². The summed E-state index contributed by atoms with van der Waals surface area (Å²) in [5, 5.41) is 0. The summed E-state index contributed by atoms with van der Waals surface area (Å²) in [7, 11) is 1.37. The maximum Gasteiger partial charge on any atom is 0.416 e. The number of benzene rings is 1. The zero-order valence-corrected chi connectivity index (χ0v) is 21.4. The van der Waals surface area contributed by atoms with Crippen LogP contribution in [0.3, 0.4) is 0 Å². The van der Waals surface area contributed by atoms with Crippen LogP contribution in [0.15, 0.2) is 39.9 Å². The van der Waals surface area contributed by atoms with Gasteiger partial charge in [0, 0.05) is 26.2 Å². The number of nitrogen functional groups attached to an aromatic ring is 1. The van der Waals surface area contributed by atoms with Crippen molar-refractivity contribution in [2.24, 2.45) is 11.8 Å². The second kappa shape index (κ2) is 11.9. The van der Waals surface area contributed by atoms with E-state index >= 15 is 0 Å². The standard InChI is InChI=1S/C25H32F3N5O4/c1-15(2)12-32(21-22(29)33(13-16(3)4)24(37)30-23(21)36)20(35)14-31(5)19(34)11-8-17-6-9-18(10-7-17)25(26,27)28/h6-11,15-16H,12-14,29H2,1-5H3,(H,30,36,37)/b11-8+. The number of anilines is 2. The molecule has 0 fully saturated rings. The second-order valence-electron chi connectivity index (χ2n) is 9.54. The van der Waals surface area contributed by atoms with E-state index in [1.807, 2.05) is 27.7 Å². The molecule has 0 atom stereocenters. The van der Waals surface area contributed by atoms with Crippen LogP contribution in [-0.4, -0.2) is 46.4 Å². The number of H-pyrrole nitrogens is 1. The van der Waals surface area contributed by atoms with Crippen LogP contribution in [-0.2, 0) is 22.3 Å². The van der Waals surface area contributed by atoms with Gasteiger partial charge < -0.3 is 15.5 Å². The SMILES string of the molecule is CC(C)CN(C(=O)CN(C)C(=O)/C=C/c1ccc(C(F)(F)F)cc1)c1c(N)n(CC(C)C)c(=O)[nH]c1=O. The molecule has 1 heterocycles. The van der Waals surface area contributed by atoms with Crippen molar-refractivity contribution in [3.63, 3.8) is 0 Å². The van der Waals surface area contributed by atoms with Crippen molar-refractivity contribution in [1.82, 2.24) is 14.5 Å². The Morgan fingerprint density at radius 1 is 1.08 bits per heavy atom. The number of alkyl halides is 3. The van der Waals surface area contributed by atoms with Gasteiger partial charge in [0.25, 0.3) is 5.56 Å². The minimum absolute atomic E-state index is 0.0354. The van der Waals surface area contributed by atoms with E-state index in [2.05, 4.69) is 4.98 Å². The van der Waals surface area contributed by atoms with Crippen LogP contribution >= 0.6 is 0 Å². The number of nitrogens with one attached hydrogen (secondary N) is 1. The first-order valence-electron chi connectivity index (χ1n) is 11.6. The number of amides is 2. The monoisotopic (exact) mass is 523 g/mol. The van der Waals surface area contributed by atoms with Gasteiger partial charge >= 0.3 is 11.9 Å². The van der Waals surface area contributed by atoms with Gasteiger partial charge in [0.15, 0.2) is 5.69 Å². The van der Waals surface area contributed by atoms with Gasteiger partial charge in [-0.25, -0.2) is 4.79 Å². The van der Waals surface area contributed by atoms with Crippen LogP contribution < -0.4 is 21.9 Å². The minimum Gasteiger partial charge on any atom is -0.383 e. The molecule has 0 saturated heterocycles. The molecule has 9 nitrogen and oxygen atoms in total. The highest BCUT2D eigenvalue weighted by Gasteiger charge is 2.30. The Labute approximate surface area is 212 Å². The lowest BCUT2D eigenvalue weighted by molar-refractivity contribution is -0.137. The van der Waals surface area contributed by atoms with Gasteiger partial charge in [-0.2, -0.15) is 13.2 Å². The number of carbonyl (C=O) groups is 2. The summed E-state index contributed by atoms with van der Waals surface area (Å²) >= 11 is 0. The smallest absolute Gasteiger partial charge is 0.383 e. The summed E-state index contributed by atoms with van der Waals surface area (Å²) in [6.45, 7) is 7.32. The quantitative estimate of drug-likeness (QED) is 0.490. The topological polar surface area (TPSA) is 121 Å². The van der Waals surface area contributed by atoms with Crippen molar-refractivity contribution in [3.8, 4) is 0 Å². The number of nitrogens with two attached hydrogens (primary N) is 1. The predicted octanol–water partition coefficient (Wildman–Crippen LogP) is 2.95. The van der Waals surface area contributed by atoms with Crippen LogP contribution in [0.4, 0.5) is 24.7 Å². The Morgan fingerprint density at radius 2 is 1.68 bits per heavy atom. The normalized spacial score (nSPS) is 11.9. The molecule has 0 radical (unpaired) electrons. The van der Waals surface area contributed by atoms with E-state index in [-0.39, 0.29) is 36.4 Å². The maximum absolute atomic E-state index is 13.2. The van der Waals surface area contributed by atoms with E-state index in [1.54, 1.807) is 0 Å².